The third kappa shape index (κ3) is 6.07. The molecule has 1 unspecified atom stereocenters. The highest BCUT2D eigenvalue weighted by Crippen LogP contribution is 2.34. The molecule has 0 spiro atoms. The average molecular weight is 424 g/mol. The summed E-state index contributed by atoms with van der Waals surface area (Å²) in [4.78, 5) is 13.0. The molecule has 6 heteroatoms. The zero-order valence-corrected chi connectivity index (χ0v) is 17.8. The number of nitrogens with one attached hydrogen (secondary N) is 1. The summed E-state index contributed by atoms with van der Waals surface area (Å²) >= 11 is 0. The fraction of sp³-hybridized carbons (Fsp3) is 0.400. The highest BCUT2D eigenvalue weighted by molar-refractivity contribution is 5.76. The first kappa shape index (κ1) is 21.4. The third-order valence-corrected chi connectivity index (χ3v) is 5.81. The van der Waals surface area contributed by atoms with Crippen molar-refractivity contribution in [1.82, 2.24) is 10.2 Å². The lowest BCUT2D eigenvalue weighted by Gasteiger charge is -2.31. The second-order valence-electron chi connectivity index (χ2n) is 8.67. The van der Waals surface area contributed by atoms with Crippen LogP contribution < -0.4 is 15.8 Å². The van der Waals surface area contributed by atoms with Crippen LogP contribution >= 0.6 is 0 Å². The Labute approximate surface area is 183 Å². The number of halogens is 1. The first-order chi connectivity index (χ1) is 15.0. The topological polar surface area (TPSA) is 67.6 Å². The molecule has 5 nitrogen and oxygen atoms in total. The summed E-state index contributed by atoms with van der Waals surface area (Å²) in [5.41, 5.74) is 9.80. The summed E-state index contributed by atoms with van der Waals surface area (Å²) in [5, 5.41) is 3.11. The normalized spacial score (nSPS) is 18.3. The Bertz CT molecular complexity index is 940. The van der Waals surface area contributed by atoms with E-state index in [0.29, 0.717) is 31.2 Å². The number of carbonyl (C=O) groups excluding carboxylic acids is 1. The average Bonchev–Trinajstić information content (AvgIpc) is 3.56. The molecule has 1 aliphatic heterocycles. The fourth-order valence-electron chi connectivity index (χ4n) is 3.87. The molecule has 31 heavy (non-hydrogen) atoms. The lowest BCUT2D eigenvalue weighted by Crippen LogP contribution is -2.31. The van der Waals surface area contributed by atoms with E-state index in [4.69, 9.17) is 10.5 Å². The van der Waals surface area contributed by atoms with E-state index >= 15 is 0 Å². The van der Waals surface area contributed by atoms with Gasteiger partial charge in [-0.25, -0.2) is 4.39 Å². The van der Waals surface area contributed by atoms with Gasteiger partial charge in [-0.15, -0.1) is 0 Å². The van der Waals surface area contributed by atoms with Gasteiger partial charge in [-0.05, 0) is 53.1 Å². The molecule has 164 valence electrons. The number of nitrogens with zero attached hydrogens (tertiary/aromatic N) is 1. The molecule has 0 bridgehead atoms. The minimum absolute atomic E-state index is 0.132. The summed E-state index contributed by atoms with van der Waals surface area (Å²) in [7, 11) is 0. The summed E-state index contributed by atoms with van der Waals surface area (Å²) in [5.74, 6) is 1.07. The number of hydrogen-bond acceptors (Lipinski definition) is 4. The number of ether oxygens (including phenoxy) is 1. The predicted octanol–water partition coefficient (Wildman–Crippen LogP) is 3.98. The lowest BCUT2D eigenvalue weighted by atomic mass is 9.97. The standard InChI is InChI=1S/C25H30FN3O2/c1-17(10-25(27)30)28-12-18-2-4-19(5-3-18)13-29-14-21-8-9-22(31-16-20-6-7-20)11-23(21)24(26)15-29/h2-5,8-9,11,20,24,28H,1,6-7,10,12-16H2,(H2,27,30). The van der Waals surface area contributed by atoms with Crippen LogP contribution in [0.15, 0.2) is 54.7 Å². The quantitative estimate of drug-likeness (QED) is 0.607. The highest BCUT2D eigenvalue weighted by Gasteiger charge is 2.26. The Balaban J connectivity index is 1.30. The number of primary amides is 1. The van der Waals surface area contributed by atoms with Crippen molar-refractivity contribution in [1.29, 1.82) is 0 Å². The van der Waals surface area contributed by atoms with Gasteiger partial charge in [0, 0.05) is 31.9 Å². The Morgan fingerprint density at radius 3 is 2.65 bits per heavy atom. The van der Waals surface area contributed by atoms with E-state index in [1.54, 1.807) is 0 Å². The molecular formula is C25H30FN3O2. The number of nitrogens with two attached hydrogens (primary N) is 1. The largest absolute Gasteiger partial charge is 0.493 e. The zero-order chi connectivity index (χ0) is 21.8. The molecule has 2 aliphatic rings. The van der Waals surface area contributed by atoms with E-state index in [2.05, 4.69) is 28.9 Å². The lowest BCUT2D eigenvalue weighted by molar-refractivity contribution is -0.117. The van der Waals surface area contributed by atoms with Gasteiger partial charge < -0.3 is 15.8 Å². The second kappa shape index (κ2) is 9.52. The molecule has 1 amide bonds. The SMILES string of the molecule is C=C(CC(N)=O)NCc1ccc(CN2Cc3ccc(OCC4CC4)cc3C(F)C2)cc1. The van der Waals surface area contributed by atoms with Crippen molar-refractivity contribution in [3.05, 3.63) is 77.0 Å². The third-order valence-electron chi connectivity index (χ3n) is 5.81. The maximum Gasteiger partial charge on any atom is 0.223 e. The monoisotopic (exact) mass is 423 g/mol. The van der Waals surface area contributed by atoms with Crippen LogP contribution in [0, 0.1) is 5.92 Å². The van der Waals surface area contributed by atoms with E-state index in [9.17, 15) is 9.18 Å². The van der Waals surface area contributed by atoms with Crippen molar-refractivity contribution >= 4 is 5.91 Å². The van der Waals surface area contributed by atoms with Crippen LogP contribution in [0.25, 0.3) is 0 Å². The van der Waals surface area contributed by atoms with Gasteiger partial charge in [-0.3, -0.25) is 9.69 Å². The van der Waals surface area contributed by atoms with E-state index in [-0.39, 0.29) is 6.42 Å². The Hall–Kier alpha value is -2.86. The molecule has 1 fully saturated rings. The molecule has 0 saturated heterocycles. The molecular weight excluding hydrogens is 393 g/mol. The van der Waals surface area contributed by atoms with E-state index in [1.807, 2.05) is 30.3 Å². The van der Waals surface area contributed by atoms with Crippen molar-refractivity contribution in [2.75, 3.05) is 13.2 Å². The van der Waals surface area contributed by atoms with Crippen LogP contribution in [0.2, 0.25) is 0 Å². The minimum atomic E-state index is -1.01. The number of carbonyl (C=O) groups is 1. The number of fused-ring (bicyclic) bond motifs is 1. The fourth-order valence-corrected chi connectivity index (χ4v) is 3.87. The van der Waals surface area contributed by atoms with Crippen LogP contribution in [-0.4, -0.2) is 24.0 Å². The molecule has 1 aliphatic carbocycles. The highest BCUT2D eigenvalue weighted by atomic mass is 19.1. The molecule has 3 N–H and O–H groups in total. The second-order valence-corrected chi connectivity index (χ2v) is 8.67. The van der Waals surface area contributed by atoms with Crippen molar-refractivity contribution in [3.8, 4) is 5.75 Å². The van der Waals surface area contributed by atoms with Gasteiger partial charge >= 0.3 is 0 Å². The molecule has 1 heterocycles. The molecule has 0 radical (unpaired) electrons. The molecule has 1 atom stereocenters. The van der Waals surface area contributed by atoms with Gasteiger partial charge in [0.15, 0.2) is 0 Å². The maximum atomic E-state index is 14.9. The van der Waals surface area contributed by atoms with Gasteiger partial charge in [-0.2, -0.15) is 0 Å². The summed E-state index contributed by atoms with van der Waals surface area (Å²) in [6.07, 6.45) is 1.61. The molecule has 2 aromatic rings. The first-order valence-corrected chi connectivity index (χ1v) is 10.9. The van der Waals surface area contributed by atoms with Crippen LogP contribution in [0.3, 0.4) is 0 Å². The Morgan fingerprint density at radius 2 is 1.94 bits per heavy atom. The van der Waals surface area contributed by atoms with E-state index in [0.717, 1.165) is 41.2 Å². The Morgan fingerprint density at radius 1 is 1.19 bits per heavy atom. The Kier molecular flexibility index (Phi) is 6.56. The van der Waals surface area contributed by atoms with Gasteiger partial charge in [0.25, 0.3) is 0 Å². The molecule has 4 rings (SSSR count). The summed E-state index contributed by atoms with van der Waals surface area (Å²) in [6, 6.07) is 14.0. The number of hydrogen-bond donors (Lipinski definition) is 2. The maximum absolute atomic E-state index is 14.9. The number of benzene rings is 2. The van der Waals surface area contributed by atoms with Crippen molar-refractivity contribution in [2.24, 2.45) is 11.7 Å². The van der Waals surface area contributed by atoms with Crippen molar-refractivity contribution < 1.29 is 13.9 Å². The summed E-state index contributed by atoms with van der Waals surface area (Å²) in [6.45, 7) is 6.93. The molecule has 2 aromatic carbocycles. The van der Waals surface area contributed by atoms with E-state index < -0.39 is 12.1 Å². The van der Waals surface area contributed by atoms with E-state index in [1.165, 1.54) is 12.8 Å². The van der Waals surface area contributed by atoms with Gasteiger partial charge in [0.2, 0.25) is 5.91 Å². The number of amides is 1. The van der Waals surface area contributed by atoms with Crippen LogP contribution in [-0.2, 0) is 24.4 Å². The minimum Gasteiger partial charge on any atom is -0.493 e. The van der Waals surface area contributed by atoms with Crippen LogP contribution in [0.5, 0.6) is 5.75 Å². The van der Waals surface area contributed by atoms with Gasteiger partial charge in [0.05, 0.1) is 13.0 Å². The number of alkyl halides is 1. The molecule has 1 saturated carbocycles. The predicted molar refractivity (Wildman–Crippen MR) is 119 cm³/mol. The molecule has 0 aromatic heterocycles. The number of rotatable bonds is 10. The summed E-state index contributed by atoms with van der Waals surface area (Å²) < 4.78 is 20.7. The smallest absolute Gasteiger partial charge is 0.223 e. The van der Waals surface area contributed by atoms with Crippen LogP contribution in [0.4, 0.5) is 4.39 Å². The van der Waals surface area contributed by atoms with Crippen molar-refractivity contribution in [2.45, 2.75) is 45.1 Å². The van der Waals surface area contributed by atoms with Gasteiger partial charge in [0.1, 0.15) is 11.9 Å². The first-order valence-electron chi connectivity index (χ1n) is 10.9. The van der Waals surface area contributed by atoms with Crippen molar-refractivity contribution in [3.63, 3.8) is 0 Å². The van der Waals surface area contributed by atoms with Gasteiger partial charge in [-0.1, -0.05) is 36.9 Å². The zero-order valence-electron chi connectivity index (χ0n) is 17.8. The van der Waals surface area contributed by atoms with Crippen LogP contribution in [0.1, 0.15) is 47.7 Å².